The first-order valence-corrected chi connectivity index (χ1v) is 25.5. The van der Waals surface area contributed by atoms with E-state index in [1.807, 2.05) is 50.2 Å². The molecule has 0 unspecified atom stereocenters. The van der Waals surface area contributed by atoms with E-state index in [-0.39, 0.29) is 0 Å². The molecule has 70 heavy (non-hydrogen) atoms. The second kappa shape index (κ2) is 17.9. The molecule has 332 valence electrons. The predicted molar refractivity (Wildman–Crippen MR) is 288 cm³/mol. The van der Waals surface area contributed by atoms with Gasteiger partial charge in [-0.3, -0.25) is 0 Å². The minimum absolute atomic E-state index is 0.590. The number of rotatable bonds is 10. The summed E-state index contributed by atoms with van der Waals surface area (Å²) in [5.74, 6) is 3.87. The molecule has 12 aromatic rings. The van der Waals surface area contributed by atoms with Gasteiger partial charge in [0.05, 0.1) is 11.0 Å². The van der Waals surface area contributed by atoms with Gasteiger partial charge < -0.3 is 4.57 Å². The van der Waals surface area contributed by atoms with Gasteiger partial charge in [-0.15, -0.1) is 0 Å². The van der Waals surface area contributed by atoms with Crippen LogP contribution in [0.5, 0.6) is 0 Å². The lowest BCUT2D eigenvalue weighted by Crippen LogP contribution is -2.74. The van der Waals surface area contributed by atoms with Gasteiger partial charge in [0.15, 0.2) is 31.4 Å². The Morgan fingerprint density at radius 3 is 1.36 bits per heavy atom. The van der Waals surface area contributed by atoms with Crippen molar-refractivity contribution in [1.82, 2.24) is 34.5 Å². The van der Waals surface area contributed by atoms with Gasteiger partial charge in [0, 0.05) is 38.7 Å². The van der Waals surface area contributed by atoms with Crippen LogP contribution in [0.3, 0.4) is 0 Å². The van der Waals surface area contributed by atoms with Crippen LogP contribution in [-0.4, -0.2) is 42.5 Å². The minimum atomic E-state index is -2.91. The quantitative estimate of drug-likeness (QED) is 0.100. The van der Waals surface area contributed by atoms with Gasteiger partial charge in [0.25, 0.3) is 0 Å². The van der Waals surface area contributed by atoms with Crippen molar-refractivity contribution in [2.75, 3.05) is 0 Å². The zero-order valence-electron chi connectivity index (χ0n) is 38.6. The highest BCUT2D eigenvalue weighted by atomic mass is 28.3. The summed E-state index contributed by atoms with van der Waals surface area (Å²) in [6.45, 7) is 3.82. The molecule has 0 saturated heterocycles. The lowest BCUT2D eigenvalue weighted by Gasteiger charge is -2.34. The number of fused-ring (bicyclic) bond motifs is 3. The summed E-state index contributed by atoms with van der Waals surface area (Å²) in [7, 11) is -2.91. The van der Waals surface area contributed by atoms with E-state index in [0.717, 1.165) is 60.9 Å². The number of nitrogens with zero attached hydrogens (tertiary/aromatic N) is 7. The van der Waals surface area contributed by atoms with Gasteiger partial charge in [-0.05, 0) is 88.2 Å². The van der Waals surface area contributed by atoms with Crippen molar-refractivity contribution in [3.8, 4) is 62.4 Å². The Morgan fingerprint density at radius 2 is 0.771 bits per heavy atom. The molecule has 0 saturated carbocycles. The SMILES string of the molecule is Cc1nc(C)nc(-c2ccc3c(c2)c2ccccc2n3-c2ccc(-c3nc(-c4ccccc4)nc(-c4ccccc4)n3)c(-c3cccc([Si](c4ccccc4)(c4ccccc4)c4ccccc4)c3)c2)n1. The summed E-state index contributed by atoms with van der Waals surface area (Å²) in [6.07, 6.45) is 0. The molecule has 0 aliphatic carbocycles. The monoisotopic (exact) mass is 915 g/mol. The van der Waals surface area contributed by atoms with Crippen molar-refractivity contribution in [3.63, 3.8) is 0 Å². The number of aryl methyl sites for hydroxylation is 2. The van der Waals surface area contributed by atoms with E-state index in [4.69, 9.17) is 24.9 Å². The van der Waals surface area contributed by atoms with E-state index >= 15 is 0 Å². The third-order valence-electron chi connectivity index (χ3n) is 13.2. The first kappa shape index (κ1) is 42.4. The van der Waals surface area contributed by atoms with Crippen LogP contribution in [0.15, 0.2) is 237 Å². The maximum atomic E-state index is 5.31. The van der Waals surface area contributed by atoms with Crippen molar-refractivity contribution in [2.24, 2.45) is 0 Å². The average molecular weight is 916 g/mol. The van der Waals surface area contributed by atoms with Gasteiger partial charge in [-0.1, -0.05) is 194 Å². The van der Waals surface area contributed by atoms with Gasteiger partial charge in [0.1, 0.15) is 11.6 Å². The summed E-state index contributed by atoms with van der Waals surface area (Å²) in [5.41, 5.74) is 8.90. The molecule has 12 rings (SSSR count). The van der Waals surface area contributed by atoms with Crippen molar-refractivity contribution < 1.29 is 0 Å². The largest absolute Gasteiger partial charge is 0.309 e. The molecular weight excluding hydrogens is 871 g/mol. The smallest absolute Gasteiger partial charge is 0.179 e. The average Bonchev–Trinajstić information content (AvgIpc) is 3.76. The highest BCUT2D eigenvalue weighted by Gasteiger charge is 2.41. The van der Waals surface area contributed by atoms with Gasteiger partial charge in [-0.2, -0.15) is 0 Å². The number of benzene rings is 9. The second-order valence-electron chi connectivity index (χ2n) is 17.5. The summed E-state index contributed by atoms with van der Waals surface area (Å²) in [5, 5.41) is 7.44. The molecule has 8 heteroatoms. The van der Waals surface area contributed by atoms with Crippen LogP contribution in [-0.2, 0) is 0 Å². The molecule has 0 bridgehead atoms. The zero-order valence-corrected chi connectivity index (χ0v) is 39.6. The Kier molecular flexibility index (Phi) is 10.8. The molecule has 9 aromatic carbocycles. The second-order valence-corrected chi connectivity index (χ2v) is 21.3. The Balaban J connectivity index is 1.13. The van der Waals surface area contributed by atoms with Crippen LogP contribution in [0.1, 0.15) is 11.6 Å². The molecule has 0 amide bonds. The van der Waals surface area contributed by atoms with Gasteiger partial charge >= 0.3 is 0 Å². The lowest BCUT2D eigenvalue weighted by molar-refractivity contribution is 0.929. The predicted octanol–water partition coefficient (Wildman–Crippen LogP) is 11.5. The molecule has 0 atom stereocenters. The Labute approximate surface area is 407 Å². The van der Waals surface area contributed by atoms with E-state index in [1.165, 1.54) is 20.7 Å². The molecular formula is C62H45N7Si. The van der Waals surface area contributed by atoms with Crippen LogP contribution in [0.2, 0.25) is 0 Å². The topological polar surface area (TPSA) is 82.3 Å². The van der Waals surface area contributed by atoms with Gasteiger partial charge in [0.2, 0.25) is 0 Å². The molecule has 0 aliphatic rings. The van der Waals surface area contributed by atoms with Crippen LogP contribution >= 0.6 is 0 Å². The van der Waals surface area contributed by atoms with Crippen LogP contribution < -0.4 is 20.7 Å². The summed E-state index contributed by atoms with van der Waals surface area (Å²) in [6, 6.07) is 84.6. The Morgan fingerprint density at radius 1 is 0.300 bits per heavy atom. The number of aromatic nitrogens is 7. The minimum Gasteiger partial charge on any atom is -0.309 e. The van der Waals surface area contributed by atoms with Crippen molar-refractivity contribution in [3.05, 3.63) is 248 Å². The molecule has 0 aliphatic heterocycles. The van der Waals surface area contributed by atoms with E-state index < -0.39 is 8.07 Å². The van der Waals surface area contributed by atoms with Crippen LogP contribution in [0.4, 0.5) is 0 Å². The molecule has 0 radical (unpaired) electrons. The Hall–Kier alpha value is -8.98. The fraction of sp³-hybridized carbons (Fsp3) is 0.0323. The highest BCUT2D eigenvalue weighted by molar-refractivity contribution is 7.19. The fourth-order valence-electron chi connectivity index (χ4n) is 10.2. The van der Waals surface area contributed by atoms with Crippen LogP contribution in [0, 0.1) is 13.8 Å². The van der Waals surface area contributed by atoms with E-state index in [0.29, 0.717) is 34.9 Å². The zero-order chi connectivity index (χ0) is 47.0. The molecule has 3 aromatic heterocycles. The summed E-state index contributed by atoms with van der Waals surface area (Å²) < 4.78 is 2.37. The third-order valence-corrected chi connectivity index (χ3v) is 18.0. The number of hydrogen-bond donors (Lipinski definition) is 0. The normalized spacial score (nSPS) is 11.6. The standard InChI is InChI=1S/C62H45N7Si/c1-42-63-43(2)65-61(64-42)47-35-38-58-56(40-47)53-33-18-19-34-57(53)69(58)48-36-37-54(62-67-59(44-21-8-3-9-22-44)66-60(68-62)45-23-10-4-11-24-45)55(41-48)46-25-20-32-52(39-46)70(49-26-12-5-13-27-49,50-28-14-6-15-29-50)51-30-16-7-17-31-51/h3-41H,1-2H3. The maximum Gasteiger partial charge on any atom is 0.179 e. The van der Waals surface area contributed by atoms with E-state index in [1.54, 1.807) is 0 Å². The van der Waals surface area contributed by atoms with E-state index in [9.17, 15) is 0 Å². The molecule has 3 heterocycles. The molecule has 0 spiro atoms. The van der Waals surface area contributed by atoms with Crippen LogP contribution in [0.25, 0.3) is 84.2 Å². The Bertz CT molecular complexity index is 3670. The number of hydrogen-bond acceptors (Lipinski definition) is 6. The fourth-order valence-corrected chi connectivity index (χ4v) is 14.9. The van der Waals surface area contributed by atoms with Crippen molar-refractivity contribution >= 4 is 50.6 Å². The molecule has 0 N–H and O–H groups in total. The van der Waals surface area contributed by atoms with E-state index in [2.05, 4.69) is 210 Å². The highest BCUT2D eigenvalue weighted by Crippen LogP contribution is 2.39. The third kappa shape index (κ3) is 7.57. The lowest BCUT2D eigenvalue weighted by atomic mass is 9.98. The van der Waals surface area contributed by atoms with Crippen molar-refractivity contribution in [2.45, 2.75) is 13.8 Å². The summed E-state index contributed by atoms with van der Waals surface area (Å²) in [4.78, 5) is 29.6. The molecule has 0 fully saturated rings. The maximum absolute atomic E-state index is 5.31. The first-order valence-electron chi connectivity index (χ1n) is 23.5. The van der Waals surface area contributed by atoms with Gasteiger partial charge in [-0.25, -0.2) is 29.9 Å². The number of para-hydroxylation sites is 1. The van der Waals surface area contributed by atoms with Crippen molar-refractivity contribution in [1.29, 1.82) is 0 Å². The molecule has 7 nitrogen and oxygen atoms in total. The summed E-state index contributed by atoms with van der Waals surface area (Å²) >= 11 is 0. The first-order chi connectivity index (χ1) is 34.5.